The van der Waals surface area contributed by atoms with Crippen molar-refractivity contribution in [3.05, 3.63) is 23.8 Å². The molecule has 2 saturated heterocycles. The van der Waals surface area contributed by atoms with Gasteiger partial charge in [-0.2, -0.15) is 0 Å². The number of morpholine rings is 1. The van der Waals surface area contributed by atoms with Crippen LogP contribution in [-0.2, 0) is 20.7 Å². The molecule has 9 nitrogen and oxygen atoms in total. The highest BCUT2D eigenvalue weighted by molar-refractivity contribution is 7.80. The number of anilines is 2. The molecule has 0 saturated carbocycles. The maximum absolute atomic E-state index is 13.4. The predicted octanol–water partition coefficient (Wildman–Crippen LogP) is 0.401. The minimum Gasteiger partial charge on any atom is -0.377 e. The molecule has 2 N–H and O–H groups in total. The first-order valence-corrected chi connectivity index (χ1v) is 9.78. The minimum atomic E-state index is -1.41. The number of ether oxygens (including phenoxy) is 1. The van der Waals surface area contributed by atoms with Gasteiger partial charge in [-0.1, -0.05) is 0 Å². The number of amides is 4. The van der Waals surface area contributed by atoms with Gasteiger partial charge in [-0.25, -0.2) is 4.79 Å². The zero-order valence-electron chi connectivity index (χ0n) is 16.5. The summed E-state index contributed by atoms with van der Waals surface area (Å²) in [6.45, 7) is 1.31. The van der Waals surface area contributed by atoms with Crippen LogP contribution in [0.1, 0.15) is 5.56 Å². The van der Waals surface area contributed by atoms with E-state index < -0.39 is 29.3 Å². The molecule has 29 heavy (non-hydrogen) atoms. The molecule has 4 rings (SSSR count). The van der Waals surface area contributed by atoms with Gasteiger partial charge in [-0.3, -0.25) is 19.4 Å². The second-order valence-electron chi connectivity index (χ2n) is 7.49. The highest BCUT2D eigenvalue weighted by Crippen LogP contribution is 2.47. The van der Waals surface area contributed by atoms with Gasteiger partial charge in [-0.15, -0.1) is 0 Å². The summed E-state index contributed by atoms with van der Waals surface area (Å²) >= 11 is 5.18. The normalized spacial score (nSPS) is 23.1. The first-order chi connectivity index (χ1) is 13.8. The van der Waals surface area contributed by atoms with Crippen molar-refractivity contribution in [2.24, 2.45) is 5.41 Å². The van der Waals surface area contributed by atoms with Crippen LogP contribution < -0.4 is 15.5 Å². The Hall–Kier alpha value is -2.72. The summed E-state index contributed by atoms with van der Waals surface area (Å²) in [5, 5.41) is 6.41. The third kappa shape index (κ3) is 2.77. The molecule has 0 bridgehead atoms. The summed E-state index contributed by atoms with van der Waals surface area (Å²) in [5.41, 5.74) is 1.17. The van der Waals surface area contributed by atoms with Crippen LogP contribution in [0.5, 0.6) is 0 Å². The molecule has 1 atom stereocenters. The lowest BCUT2D eigenvalue weighted by atomic mass is 9.68. The molecule has 3 aliphatic heterocycles. The molecule has 4 amide bonds. The minimum absolute atomic E-state index is 0.189. The summed E-state index contributed by atoms with van der Waals surface area (Å²) in [4.78, 5) is 43.2. The van der Waals surface area contributed by atoms with Crippen LogP contribution in [-0.4, -0.2) is 79.7 Å². The molecule has 154 valence electrons. The van der Waals surface area contributed by atoms with Crippen LogP contribution in [0.4, 0.5) is 16.2 Å². The number of nitrogens with zero attached hydrogens (tertiary/aromatic N) is 3. The molecule has 0 aliphatic carbocycles. The van der Waals surface area contributed by atoms with E-state index in [0.29, 0.717) is 18.3 Å². The van der Waals surface area contributed by atoms with Gasteiger partial charge in [-0.05, 0) is 42.4 Å². The van der Waals surface area contributed by atoms with Gasteiger partial charge in [0.2, 0.25) is 11.8 Å². The molecule has 1 aromatic carbocycles. The number of carbonyl (C=O) groups excluding carboxylic acids is 3. The third-order valence-electron chi connectivity index (χ3n) is 5.99. The fraction of sp³-hybridized carbons (Fsp3) is 0.474. The Balaban J connectivity index is 1.84. The van der Waals surface area contributed by atoms with Gasteiger partial charge < -0.3 is 20.3 Å². The lowest BCUT2D eigenvalue weighted by molar-refractivity contribution is -0.161. The lowest BCUT2D eigenvalue weighted by Gasteiger charge is -2.54. The number of imide groups is 2. The number of hydrogen-bond donors (Lipinski definition) is 2. The van der Waals surface area contributed by atoms with Crippen LogP contribution in [0.2, 0.25) is 0 Å². The Morgan fingerprint density at radius 3 is 2.55 bits per heavy atom. The zero-order valence-corrected chi connectivity index (χ0v) is 17.3. The Kier molecular flexibility index (Phi) is 4.70. The number of carbonyl (C=O) groups is 3. The Morgan fingerprint density at radius 1 is 1.21 bits per heavy atom. The average molecular weight is 417 g/mol. The molecule has 0 radical (unpaired) electrons. The van der Waals surface area contributed by atoms with Crippen molar-refractivity contribution in [1.82, 2.24) is 15.1 Å². The number of rotatable bonds is 1. The van der Waals surface area contributed by atoms with Gasteiger partial charge >= 0.3 is 6.03 Å². The predicted molar refractivity (Wildman–Crippen MR) is 111 cm³/mol. The highest BCUT2D eigenvalue weighted by Gasteiger charge is 2.63. The topological polar surface area (TPSA) is 94.2 Å². The quantitative estimate of drug-likeness (QED) is 0.501. The molecule has 0 aromatic heterocycles. The summed E-state index contributed by atoms with van der Waals surface area (Å²) in [6.07, 6.45) is 0.189. The zero-order chi connectivity index (χ0) is 20.9. The van der Waals surface area contributed by atoms with Crippen molar-refractivity contribution in [3.8, 4) is 0 Å². The SMILES string of the molecule is CNC(=S)Nc1ccc2c(c1)CC1(C(=O)N(C)C(=O)N(C)C1=O)[C@H]1COCCN21. The van der Waals surface area contributed by atoms with Gasteiger partial charge in [0.05, 0.1) is 19.3 Å². The van der Waals surface area contributed by atoms with Gasteiger partial charge in [0, 0.05) is 39.1 Å². The second-order valence-corrected chi connectivity index (χ2v) is 7.90. The van der Waals surface area contributed by atoms with Crippen molar-refractivity contribution >= 4 is 46.6 Å². The van der Waals surface area contributed by atoms with Gasteiger partial charge in [0.25, 0.3) is 0 Å². The van der Waals surface area contributed by atoms with Crippen molar-refractivity contribution in [3.63, 3.8) is 0 Å². The molecule has 2 fully saturated rings. The summed E-state index contributed by atoms with van der Waals surface area (Å²) in [5.74, 6) is -0.971. The van der Waals surface area contributed by atoms with Crippen LogP contribution in [0.3, 0.4) is 0 Å². The number of benzene rings is 1. The van der Waals surface area contributed by atoms with E-state index in [4.69, 9.17) is 17.0 Å². The summed E-state index contributed by atoms with van der Waals surface area (Å²) in [7, 11) is 4.56. The van der Waals surface area contributed by atoms with E-state index in [1.807, 2.05) is 18.2 Å². The number of nitrogens with one attached hydrogen (secondary N) is 2. The molecule has 0 unspecified atom stereocenters. The fourth-order valence-electron chi connectivity index (χ4n) is 4.52. The monoisotopic (exact) mass is 417 g/mol. The summed E-state index contributed by atoms with van der Waals surface area (Å²) < 4.78 is 5.66. The van der Waals surface area contributed by atoms with Crippen molar-refractivity contribution in [2.75, 3.05) is 51.1 Å². The number of fused-ring (bicyclic) bond motifs is 4. The first-order valence-electron chi connectivity index (χ1n) is 9.37. The maximum Gasteiger partial charge on any atom is 0.332 e. The van der Waals surface area contributed by atoms with E-state index in [1.54, 1.807) is 7.05 Å². The third-order valence-corrected chi connectivity index (χ3v) is 6.29. The Bertz CT molecular complexity index is 896. The van der Waals surface area contributed by atoms with E-state index in [-0.39, 0.29) is 13.0 Å². The van der Waals surface area contributed by atoms with Crippen LogP contribution in [0.15, 0.2) is 18.2 Å². The Labute approximate surface area is 173 Å². The largest absolute Gasteiger partial charge is 0.377 e. The van der Waals surface area contributed by atoms with Gasteiger partial charge in [0.1, 0.15) is 0 Å². The highest BCUT2D eigenvalue weighted by atomic mass is 32.1. The number of barbiturate groups is 1. The number of hydrogen-bond acceptors (Lipinski definition) is 6. The van der Waals surface area contributed by atoms with E-state index in [1.165, 1.54) is 14.1 Å². The molecule has 3 heterocycles. The smallest absolute Gasteiger partial charge is 0.332 e. The molecule has 10 heteroatoms. The molecular weight excluding hydrogens is 394 g/mol. The van der Waals surface area contributed by atoms with E-state index in [2.05, 4.69) is 15.5 Å². The van der Waals surface area contributed by atoms with Crippen LogP contribution in [0.25, 0.3) is 0 Å². The van der Waals surface area contributed by atoms with Crippen molar-refractivity contribution in [1.29, 1.82) is 0 Å². The molecule has 1 aromatic rings. The summed E-state index contributed by atoms with van der Waals surface area (Å²) in [6, 6.07) is 4.70. The average Bonchev–Trinajstić information content (AvgIpc) is 2.74. The standard InChI is InChI=1S/C19H23N5O4S/c1-20-17(29)21-12-4-5-13-11(8-12)9-19(14-10-28-7-6-24(13)14)15(25)22(2)18(27)23(3)16(19)26/h4-5,8,14H,6-7,9-10H2,1-3H3,(H2,20,21,29)/t14-/m1/s1. The molecular formula is C19H23N5O4S. The van der Waals surface area contributed by atoms with E-state index in [9.17, 15) is 14.4 Å². The number of thiocarbonyl (C=S) groups is 1. The van der Waals surface area contributed by atoms with Crippen LogP contribution >= 0.6 is 12.2 Å². The second kappa shape index (κ2) is 6.96. The fourth-order valence-corrected chi connectivity index (χ4v) is 4.64. The molecule has 3 aliphatic rings. The maximum atomic E-state index is 13.4. The first kappa shape index (κ1) is 19.6. The number of urea groups is 1. The van der Waals surface area contributed by atoms with Gasteiger partial charge in [0.15, 0.2) is 10.5 Å². The Morgan fingerprint density at radius 2 is 1.90 bits per heavy atom. The lowest BCUT2D eigenvalue weighted by Crippen LogP contribution is -2.73. The van der Waals surface area contributed by atoms with Crippen molar-refractivity contribution in [2.45, 2.75) is 12.5 Å². The van der Waals surface area contributed by atoms with E-state index >= 15 is 0 Å². The molecule has 1 spiro atoms. The van der Waals surface area contributed by atoms with E-state index in [0.717, 1.165) is 26.7 Å². The van der Waals surface area contributed by atoms with Crippen LogP contribution in [0, 0.1) is 5.41 Å². The van der Waals surface area contributed by atoms with Crippen molar-refractivity contribution < 1.29 is 19.1 Å².